The number of hydrogen-bond acceptors (Lipinski definition) is 4. The smallest absolute Gasteiger partial charge is 0.352 e. The van der Waals surface area contributed by atoms with Gasteiger partial charge in [-0.05, 0) is 42.7 Å². The van der Waals surface area contributed by atoms with Crippen LogP contribution in [0.3, 0.4) is 0 Å². The first-order valence-corrected chi connectivity index (χ1v) is 10.1. The number of methoxy groups -OCH3 is 1. The summed E-state index contributed by atoms with van der Waals surface area (Å²) in [5.74, 6) is -0.674. The minimum Gasteiger partial charge on any atom is -0.497 e. The Morgan fingerprint density at radius 2 is 2.10 bits per heavy atom. The third-order valence-corrected chi connectivity index (χ3v) is 5.53. The van der Waals surface area contributed by atoms with E-state index < -0.39 is 5.97 Å². The molecule has 3 aromatic rings. The maximum atomic E-state index is 13.3. The summed E-state index contributed by atoms with van der Waals surface area (Å²) in [4.78, 5) is 12.3. The molecule has 2 aromatic carbocycles. The summed E-state index contributed by atoms with van der Waals surface area (Å²) in [5.41, 5.74) is 2.53. The summed E-state index contributed by atoms with van der Waals surface area (Å²) in [7, 11) is 1.58. The van der Waals surface area contributed by atoms with Gasteiger partial charge in [0.05, 0.1) is 18.7 Å². The number of carboxylic acids is 1. The van der Waals surface area contributed by atoms with Crippen LogP contribution in [0.4, 0.5) is 4.39 Å². The fraction of sp³-hybridized carbons (Fsp3) is 0.348. The Hall–Kier alpha value is -2.90. The molecule has 1 saturated heterocycles. The molecule has 30 heavy (non-hydrogen) atoms. The zero-order valence-corrected chi connectivity index (χ0v) is 16.9. The highest BCUT2D eigenvalue weighted by Crippen LogP contribution is 2.31. The number of rotatable bonds is 8. The molecule has 0 saturated carbocycles. The van der Waals surface area contributed by atoms with Gasteiger partial charge >= 0.3 is 5.97 Å². The number of halogens is 1. The van der Waals surface area contributed by atoms with Gasteiger partial charge in [0.1, 0.15) is 17.3 Å². The van der Waals surface area contributed by atoms with Crippen LogP contribution < -0.4 is 10.1 Å². The number of nitrogens with zero attached hydrogens (tertiary/aromatic N) is 1. The number of aromatic nitrogens is 1. The van der Waals surface area contributed by atoms with Gasteiger partial charge in [-0.15, -0.1) is 0 Å². The predicted octanol–water partition coefficient (Wildman–Crippen LogP) is 3.80. The van der Waals surface area contributed by atoms with E-state index in [2.05, 4.69) is 5.32 Å². The lowest BCUT2D eigenvalue weighted by molar-refractivity contribution is 0.0684. The van der Waals surface area contributed by atoms with E-state index in [1.807, 2.05) is 18.2 Å². The number of fused-ring (bicyclic) bond motifs is 1. The Kier molecular flexibility index (Phi) is 6.01. The van der Waals surface area contributed by atoms with Crippen molar-refractivity contribution in [1.29, 1.82) is 0 Å². The van der Waals surface area contributed by atoms with Gasteiger partial charge in [-0.25, -0.2) is 9.18 Å². The molecule has 0 radical (unpaired) electrons. The number of nitrogens with one attached hydrogen (secondary N) is 1. The Balaban J connectivity index is 1.73. The van der Waals surface area contributed by atoms with Gasteiger partial charge < -0.3 is 24.5 Å². The summed E-state index contributed by atoms with van der Waals surface area (Å²) >= 11 is 0. The lowest BCUT2D eigenvalue weighted by Gasteiger charge is -2.12. The van der Waals surface area contributed by atoms with Crippen molar-refractivity contribution in [3.63, 3.8) is 0 Å². The van der Waals surface area contributed by atoms with Gasteiger partial charge in [0, 0.05) is 43.3 Å². The second kappa shape index (κ2) is 8.85. The average Bonchev–Trinajstić information content (AvgIpc) is 3.36. The first kappa shape index (κ1) is 20.4. The topological polar surface area (TPSA) is 72.7 Å². The SMILES string of the molecule is COc1ccc2c(CNCC3CCCO3)c(C(=O)O)n(Cc3ccc(F)cc3)c2c1. The Labute approximate surface area is 174 Å². The number of carboxylic acid groups (broad SMARTS) is 1. The van der Waals surface area contributed by atoms with Crippen LogP contribution in [0.15, 0.2) is 42.5 Å². The zero-order chi connectivity index (χ0) is 21.1. The van der Waals surface area contributed by atoms with Gasteiger partial charge in [-0.1, -0.05) is 12.1 Å². The van der Waals surface area contributed by atoms with Crippen molar-refractivity contribution in [3.05, 3.63) is 65.1 Å². The van der Waals surface area contributed by atoms with E-state index in [1.54, 1.807) is 23.8 Å². The third kappa shape index (κ3) is 4.17. The number of carbonyl (C=O) groups is 1. The summed E-state index contributed by atoms with van der Waals surface area (Å²) in [6.45, 7) is 2.20. The summed E-state index contributed by atoms with van der Waals surface area (Å²) < 4.78 is 26.1. The van der Waals surface area contributed by atoms with Crippen molar-refractivity contribution in [3.8, 4) is 5.75 Å². The van der Waals surface area contributed by atoms with E-state index in [0.29, 0.717) is 25.4 Å². The lowest BCUT2D eigenvalue weighted by atomic mass is 10.1. The molecule has 0 aliphatic carbocycles. The van der Waals surface area contributed by atoms with E-state index in [0.717, 1.165) is 41.5 Å². The molecule has 0 spiro atoms. The maximum Gasteiger partial charge on any atom is 0.352 e. The molecular formula is C23H25FN2O4. The highest BCUT2D eigenvalue weighted by molar-refractivity contribution is 5.98. The van der Waals surface area contributed by atoms with Gasteiger partial charge in [0.15, 0.2) is 0 Å². The molecule has 6 nitrogen and oxygen atoms in total. The number of benzene rings is 2. The fourth-order valence-corrected chi connectivity index (χ4v) is 4.05. The predicted molar refractivity (Wildman–Crippen MR) is 112 cm³/mol. The van der Waals surface area contributed by atoms with Crippen molar-refractivity contribution < 1.29 is 23.8 Å². The zero-order valence-electron chi connectivity index (χ0n) is 16.9. The van der Waals surface area contributed by atoms with Gasteiger partial charge in [0.2, 0.25) is 0 Å². The van der Waals surface area contributed by atoms with Crippen LogP contribution in [0, 0.1) is 5.82 Å². The van der Waals surface area contributed by atoms with E-state index >= 15 is 0 Å². The minimum atomic E-state index is -0.999. The van der Waals surface area contributed by atoms with E-state index in [4.69, 9.17) is 9.47 Å². The number of hydrogen-bond donors (Lipinski definition) is 2. The summed E-state index contributed by atoms with van der Waals surface area (Å²) in [6.07, 6.45) is 2.25. The van der Waals surface area contributed by atoms with Crippen LogP contribution >= 0.6 is 0 Å². The molecule has 0 amide bonds. The third-order valence-electron chi connectivity index (χ3n) is 5.53. The largest absolute Gasteiger partial charge is 0.497 e. The molecule has 2 N–H and O–H groups in total. The van der Waals surface area contributed by atoms with Gasteiger partial charge in [-0.3, -0.25) is 0 Å². The molecule has 158 valence electrons. The molecule has 1 aromatic heterocycles. The quantitative estimate of drug-likeness (QED) is 0.589. The summed E-state index contributed by atoms with van der Waals surface area (Å²) in [6, 6.07) is 11.7. The Morgan fingerprint density at radius 1 is 1.30 bits per heavy atom. The van der Waals surface area contributed by atoms with E-state index in [-0.39, 0.29) is 17.6 Å². The van der Waals surface area contributed by atoms with Crippen molar-refractivity contribution in [2.24, 2.45) is 0 Å². The molecular weight excluding hydrogens is 387 g/mol. The molecule has 1 aliphatic rings. The van der Waals surface area contributed by atoms with Crippen molar-refractivity contribution in [2.45, 2.75) is 32.0 Å². The maximum absolute atomic E-state index is 13.3. The molecule has 7 heteroatoms. The van der Waals surface area contributed by atoms with Crippen molar-refractivity contribution in [1.82, 2.24) is 9.88 Å². The fourth-order valence-electron chi connectivity index (χ4n) is 4.05. The number of aromatic carboxylic acids is 1. The second-order valence-corrected chi connectivity index (χ2v) is 7.49. The second-order valence-electron chi connectivity index (χ2n) is 7.49. The average molecular weight is 412 g/mol. The molecule has 1 aliphatic heterocycles. The van der Waals surface area contributed by atoms with Crippen LogP contribution in [-0.2, 0) is 17.8 Å². The normalized spacial score (nSPS) is 16.3. The van der Waals surface area contributed by atoms with Crippen LogP contribution in [0.1, 0.15) is 34.5 Å². The van der Waals surface area contributed by atoms with Crippen LogP contribution in [0.5, 0.6) is 5.75 Å². The van der Waals surface area contributed by atoms with Crippen molar-refractivity contribution >= 4 is 16.9 Å². The van der Waals surface area contributed by atoms with E-state index in [9.17, 15) is 14.3 Å². The molecule has 1 fully saturated rings. The first-order chi connectivity index (χ1) is 14.6. The number of ether oxygens (including phenoxy) is 2. The molecule has 1 atom stereocenters. The first-order valence-electron chi connectivity index (χ1n) is 10.1. The van der Waals surface area contributed by atoms with Crippen LogP contribution in [-0.4, -0.2) is 42.0 Å². The lowest BCUT2D eigenvalue weighted by Crippen LogP contribution is -2.26. The summed E-state index contributed by atoms with van der Waals surface area (Å²) in [5, 5.41) is 14.3. The van der Waals surface area contributed by atoms with Gasteiger partial charge in [-0.2, -0.15) is 0 Å². The standard InChI is InChI=1S/C23H25FN2O4/c1-29-17-8-9-19-20(13-25-12-18-3-2-10-30-18)22(23(27)28)26(21(19)11-17)14-15-4-6-16(24)7-5-15/h4-9,11,18,25H,2-3,10,12-14H2,1H3,(H,27,28). The Morgan fingerprint density at radius 3 is 2.77 bits per heavy atom. The van der Waals surface area contributed by atoms with Crippen molar-refractivity contribution in [2.75, 3.05) is 20.3 Å². The molecule has 0 bridgehead atoms. The molecule has 4 rings (SSSR count). The highest BCUT2D eigenvalue weighted by Gasteiger charge is 2.23. The van der Waals surface area contributed by atoms with Crippen LogP contribution in [0.25, 0.3) is 10.9 Å². The monoisotopic (exact) mass is 412 g/mol. The molecule has 1 unspecified atom stereocenters. The van der Waals surface area contributed by atoms with Gasteiger partial charge in [0.25, 0.3) is 0 Å². The highest BCUT2D eigenvalue weighted by atomic mass is 19.1. The van der Waals surface area contributed by atoms with E-state index in [1.165, 1.54) is 12.1 Å². The Bertz CT molecular complexity index is 1040. The van der Waals surface area contributed by atoms with Crippen LogP contribution in [0.2, 0.25) is 0 Å². The minimum absolute atomic E-state index is 0.172. The molecule has 2 heterocycles.